The number of rotatable bonds is 4. The van der Waals surface area contributed by atoms with Gasteiger partial charge in [-0.25, -0.2) is 9.97 Å². The quantitative estimate of drug-likeness (QED) is 0.680. The van der Waals surface area contributed by atoms with Gasteiger partial charge < -0.3 is 20.3 Å². The first-order chi connectivity index (χ1) is 16.2. The number of amides is 1. The number of piperazine rings is 1. The summed E-state index contributed by atoms with van der Waals surface area (Å²) in [6.45, 7) is 3.94. The van der Waals surface area contributed by atoms with E-state index in [0.717, 1.165) is 83.2 Å². The average molecular weight is 486 g/mol. The summed E-state index contributed by atoms with van der Waals surface area (Å²) in [5.74, 6) is 2.41. The Balaban J connectivity index is 0.00000241. The van der Waals surface area contributed by atoms with Gasteiger partial charge in [-0.3, -0.25) is 9.69 Å². The Morgan fingerprint density at radius 1 is 1.03 bits per heavy atom. The van der Waals surface area contributed by atoms with E-state index >= 15 is 0 Å². The number of anilines is 4. The summed E-state index contributed by atoms with van der Waals surface area (Å²) in [5, 5.41) is 6.58. The van der Waals surface area contributed by atoms with Crippen LogP contribution in [0.4, 0.5) is 23.3 Å². The Morgan fingerprint density at radius 3 is 2.50 bits per heavy atom. The van der Waals surface area contributed by atoms with Crippen LogP contribution < -0.4 is 25.2 Å². The van der Waals surface area contributed by atoms with Crippen molar-refractivity contribution in [2.45, 2.75) is 63.0 Å². The van der Waals surface area contributed by atoms with Gasteiger partial charge >= 0.3 is 0 Å². The van der Waals surface area contributed by atoms with E-state index in [0.29, 0.717) is 23.3 Å². The number of pyridine rings is 1. The van der Waals surface area contributed by atoms with Crippen LogP contribution in [0.2, 0.25) is 0 Å². The minimum Gasteiger partial charge on any atom is -0.472 e. The molecule has 1 saturated heterocycles. The van der Waals surface area contributed by atoms with Crippen molar-refractivity contribution >= 4 is 41.6 Å². The summed E-state index contributed by atoms with van der Waals surface area (Å²) in [7, 11) is 0. The highest BCUT2D eigenvalue weighted by Gasteiger charge is 2.52. The van der Waals surface area contributed by atoms with Gasteiger partial charge in [0.25, 0.3) is 5.91 Å². The number of carbonyl (C=O) groups excluding carboxylic acids is 1. The van der Waals surface area contributed by atoms with E-state index < -0.39 is 5.60 Å². The van der Waals surface area contributed by atoms with Crippen molar-refractivity contribution in [1.82, 2.24) is 20.3 Å². The first-order valence-electron chi connectivity index (χ1n) is 12.3. The average Bonchev–Trinajstić information content (AvgIpc) is 3.55. The third-order valence-electron chi connectivity index (χ3n) is 7.45. The van der Waals surface area contributed by atoms with E-state index in [9.17, 15) is 4.79 Å². The number of fused-ring (bicyclic) bond motifs is 1. The highest BCUT2D eigenvalue weighted by Crippen LogP contribution is 2.46. The fourth-order valence-electron chi connectivity index (χ4n) is 5.68. The molecule has 6 rings (SSSR count). The van der Waals surface area contributed by atoms with E-state index in [1.54, 1.807) is 6.20 Å². The molecule has 3 fully saturated rings. The molecule has 9 nitrogen and oxygen atoms in total. The summed E-state index contributed by atoms with van der Waals surface area (Å²) >= 11 is 0. The van der Waals surface area contributed by atoms with Crippen LogP contribution >= 0.6 is 12.4 Å². The van der Waals surface area contributed by atoms with E-state index in [4.69, 9.17) is 9.72 Å². The number of nitrogens with one attached hydrogen (secondary N) is 2. The molecule has 0 aromatic carbocycles. The van der Waals surface area contributed by atoms with Crippen molar-refractivity contribution in [3.63, 3.8) is 0 Å². The van der Waals surface area contributed by atoms with Crippen molar-refractivity contribution in [3.05, 3.63) is 24.5 Å². The fourth-order valence-corrected chi connectivity index (χ4v) is 5.68. The lowest BCUT2D eigenvalue weighted by Crippen LogP contribution is -2.57. The smallest absolute Gasteiger partial charge is 0.272 e. The molecular formula is C24H32ClN7O2. The SMILES string of the molecule is Cl.O=C1N(C2CCCC2)c2nc(Nc3ccc(N4CCNCC4)cn3)ncc2OC12CCCC2. The molecule has 4 heterocycles. The summed E-state index contributed by atoms with van der Waals surface area (Å²) in [6, 6.07) is 4.21. The zero-order chi connectivity index (χ0) is 22.3. The fraction of sp³-hybridized carbons (Fsp3) is 0.583. The maximum absolute atomic E-state index is 13.7. The lowest BCUT2D eigenvalue weighted by molar-refractivity contribution is -0.135. The lowest BCUT2D eigenvalue weighted by atomic mass is 9.96. The van der Waals surface area contributed by atoms with Crippen LogP contribution in [0.15, 0.2) is 24.5 Å². The number of ether oxygens (including phenoxy) is 1. The molecule has 0 unspecified atom stereocenters. The van der Waals surface area contributed by atoms with Crippen LogP contribution in [-0.4, -0.2) is 58.7 Å². The van der Waals surface area contributed by atoms with E-state index in [1.807, 2.05) is 17.2 Å². The van der Waals surface area contributed by atoms with E-state index in [1.165, 1.54) is 0 Å². The third-order valence-corrected chi connectivity index (χ3v) is 7.45. The number of hydrogen-bond acceptors (Lipinski definition) is 8. The number of halogens is 1. The van der Waals surface area contributed by atoms with Gasteiger partial charge in [-0.15, -0.1) is 12.4 Å². The minimum atomic E-state index is -0.727. The molecule has 0 atom stereocenters. The maximum Gasteiger partial charge on any atom is 0.272 e. The van der Waals surface area contributed by atoms with Gasteiger partial charge in [0.1, 0.15) is 5.82 Å². The Labute approximate surface area is 206 Å². The molecule has 1 spiro atoms. The maximum atomic E-state index is 13.7. The van der Waals surface area contributed by atoms with Gasteiger partial charge in [-0.2, -0.15) is 4.98 Å². The molecule has 4 aliphatic rings. The van der Waals surface area contributed by atoms with Gasteiger partial charge in [0.2, 0.25) is 5.95 Å². The van der Waals surface area contributed by atoms with Crippen LogP contribution in [0.1, 0.15) is 51.4 Å². The molecule has 0 radical (unpaired) electrons. The first-order valence-corrected chi connectivity index (χ1v) is 12.3. The van der Waals surface area contributed by atoms with E-state index in [2.05, 4.69) is 31.6 Å². The molecule has 34 heavy (non-hydrogen) atoms. The summed E-state index contributed by atoms with van der Waals surface area (Å²) in [4.78, 5) is 31.7. The highest BCUT2D eigenvalue weighted by molar-refractivity contribution is 6.02. The molecule has 2 aromatic rings. The molecule has 2 aromatic heterocycles. The lowest BCUT2D eigenvalue weighted by Gasteiger charge is -2.42. The summed E-state index contributed by atoms with van der Waals surface area (Å²) < 4.78 is 6.30. The zero-order valence-corrected chi connectivity index (χ0v) is 20.1. The number of carbonyl (C=O) groups is 1. The zero-order valence-electron chi connectivity index (χ0n) is 19.3. The van der Waals surface area contributed by atoms with Gasteiger partial charge in [0.15, 0.2) is 17.2 Å². The van der Waals surface area contributed by atoms with Gasteiger partial charge in [0.05, 0.1) is 18.1 Å². The first kappa shape index (κ1) is 23.1. The van der Waals surface area contributed by atoms with Crippen molar-refractivity contribution < 1.29 is 9.53 Å². The molecule has 2 aliphatic carbocycles. The second-order valence-electron chi connectivity index (χ2n) is 9.56. The minimum absolute atomic E-state index is 0. The van der Waals surface area contributed by atoms with E-state index in [-0.39, 0.29) is 24.4 Å². The monoisotopic (exact) mass is 485 g/mol. The number of hydrogen-bond donors (Lipinski definition) is 2. The third kappa shape index (κ3) is 4.15. The molecule has 2 aliphatic heterocycles. The van der Waals surface area contributed by atoms with Crippen LogP contribution in [0.25, 0.3) is 0 Å². The summed E-state index contributed by atoms with van der Waals surface area (Å²) in [6.07, 6.45) is 11.5. The Bertz CT molecular complexity index is 1020. The van der Waals surface area contributed by atoms with Gasteiger partial charge in [-0.05, 0) is 50.7 Å². The predicted octanol–water partition coefficient (Wildman–Crippen LogP) is 3.43. The molecule has 0 bridgehead atoms. The standard InChI is InChI=1S/C24H31N7O2.ClH/c32-22-24(9-3-4-10-24)33-19-16-27-23(29-21(19)31(22)17-5-1-2-6-17)28-20-8-7-18(15-26-20)30-13-11-25-12-14-30;/h7-8,15-17,25H,1-6,9-14H2,(H,26,27,28,29);1H. The van der Waals surface area contributed by atoms with Crippen LogP contribution in [0, 0.1) is 0 Å². The van der Waals surface area contributed by atoms with Gasteiger partial charge in [-0.1, -0.05) is 12.8 Å². The van der Waals surface area contributed by atoms with Crippen molar-refractivity contribution in [3.8, 4) is 5.75 Å². The number of aromatic nitrogens is 3. The second kappa shape index (κ2) is 9.54. The molecular weight excluding hydrogens is 454 g/mol. The molecule has 10 heteroatoms. The largest absolute Gasteiger partial charge is 0.472 e. The van der Waals surface area contributed by atoms with Crippen molar-refractivity contribution in [2.24, 2.45) is 0 Å². The Hall–Kier alpha value is -2.65. The molecule has 2 saturated carbocycles. The predicted molar refractivity (Wildman–Crippen MR) is 133 cm³/mol. The van der Waals surface area contributed by atoms with Crippen molar-refractivity contribution in [2.75, 3.05) is 41.3 Å². The second-order valence-corrected chi connectivity index (χ2v) is 9.56. The topological polar surface area (TPSA) is 95.5 Å². The van der Waals surface area contributed by atoms with Crippen LogP contribution in [-0.2, 0) is 4.79 Å². The Morgan fingerprint density at radius 2 is 1.79 bits per heavy atom. The molecule has 1 amide bonds. The summed E-state index contributed by atoms with van der Waals surface area (Å²) in [5.41, 5.74) is 0.386. The van der Waals surface area contributed by atoms with Crippen LogP contribution in [0.3, 0.4) is 0 Å². The van der Waals surface area contributed by atoms with Crippen molar-refractivity contribution in [1.29, 1.82) is 0 Å². The molecule has 182 valence electrons. The number of nitrogens with zero attached hydrogens (tertiary/aromatic N) is 5. The Kier molecular flexibility index (Phi) is 6.48. The molecule has 2 N–H and O–H groups in total. The van der Waals surface area contributed by atoms with Gasteiger partial charge in [0, 0.05) is 32.2 Å². The van der Waals surface area contributed by atoms with Crippen LogP contribution in [0.5, 0.6) is 5.75 Å². The highest BCUT2D eigenvalue weighted by atomic mass is 35.5. The normalized spacial score (nSPS) is 21.8.